The molecule has 0 atom stereocenters. The first-order valence-electron chi connectivity index (χ1n) is 11.9. The van der Waals surface area contributed by atoms with Gasteiger partial charge in [-0.15, -0.1) is 13.2 Å². The molecule has 0 aliphatic carbocycles. The van der Waals surface area contributed by atoms with Crippen molar-refractivity contribution in [3.8, 4) is 5.75 Å². The van der Waals surface area contributed by atoms with Gasteiger partial charge in [0.05, 0.1) is 16.3 Å². The monoisotopic (exact) mass is 545 g/mol. The van der Waals surface area contributed by atoms with Crippen molar-refractivity contribution in [1.29, 1.82) is 0 Å². The molecule has 0 aliphatic heterocycles. The summed E-state index contributed by atoms with van der Waals surface area (Å²) in [7, 11) is -3.30. The summed E-state index contributed by atoms with van der Waals surface area (Å²) in [6.07, 6.45) is -2.39. The highest BCUT2D eigenvalue weighted by atomic mass is 32.2. The predicted molar refractivity (Wildman–Crippen MR) is 136 cm³/mol. The van der Waals surface area contributed by atoms with Gasteiger partial charge in [0.1, 0.15) is 11.4 Å². The topological polar surface area (TPSA) is 89.8 Å². The molecule has 7 nitrogen and oxygen atoms in total. The Morgan fingerprint density at radius 1 is 1.05 bits per heavy atom. The summed E-state index contributed by atoms with van der Waals surface area (Å²) in [5, 5.41) is 2.81. The Morgan fingerprint density at radius 3 is 2.42 bits per heavy atom. The van der Waals surface area contributed by atoms with Gasteiger partial charge in [-0.25, -0.2) is 13.4 Å². The summed E-state index contributed by atoms with van der Waals surface area (Å²) in [6, 6.07) is 15.5. The second-order valence-electron chi connectivity index (χ2n) is 8.56. The number of benzene rings is 2. The fourth-order valence-electron chi connectivity index (χ4n) is 4.12. The van der Waals surface area contributed by atoms with Crippen LogP contribution in [0.4, 0.5) is 13.2 Å². The van der Waals surface area contributed by atoms with Gasteiger partial charge in [0, 0.05) is 36.0 Å². The minimum absolute atomic E-state index is 0.00857. The van der Waals surface area contributed by atoms with E-state index >= 15 is 0 Å². The van der Waals surface area contributed by atoms with Gasteiger partial charge >= 0.3 is 6.36 Å². The maximum Gasteiger partial charge on any atom is 0.573 e. The van der Waals surface area contributed by atoms with Crippen molar-refractivity contribution in [1.82, 2.24) is 14.7 Å². The van der Waals surface area contributed by atoms with E-state index in [1.165, 1.54) is 24.3 Å². The number of hydrogen-bond acceptors (Lipinski definition) is 5. The summed E-state index contributed by atoms with van der Waals surface area (Å²) < 4.78 is 68.4. The molecule has 4 rings (SSSR count). The van der Waals surface area contributed by atoms with E-state index < -0.39 is 16.2 Å². The number of carbonyl (C=O) groups is 1. The maximum absolute atomic E-state index is 12.8. The van der Waals surface area contributed by atoms with Gasteiger partial charge in [0.15, 0.2) is 9.84 Å². The van der Waals surface area contributed by atoms with Gasteiger partial charge in [0.2, 0.25) is 0 Å². The lowest BCUT2D eigenvalue weighted by atomic mass is 10.1. The number of fused-ring (bicyclic) bond motifs is 1. The molecule has 0 saturated carbocycles. The molecule has 0 aliphatic rings. The first-order chi connectivity index (χ1) is 18.0. The molecule has 0 unspecified atom stereocenters. The summed E-state index contributed by atoms with van der Waals surface area (Å²) in [6.45, 7) is 3.70. The molecule has 0 fully saturated rings. The molecule has 0 bridgehead atoms. The number of ether oxygens (including phenoxy) is 1. The lowest BCUT2D eigenvalue weighted by Gasteiger charge is -2.13. The number of amides is 1. The Kier molecular flexibility index (Phi) is 7.77. The van der Waals surface area contributed by atoms with Crippen molar-refractivity contribution in [2.75, 3.05) is 5.75 Å². The summed E-state index contributed by atoms with van der Waals surface area (Å²) >= 11 is 0. The number of imidazole rings is 1. The Labute approximate surface area is 218 Å². The molecule has 4 aromatic rings. The molecule has 0 saturated heterocycles. The average Bonchev–Trinajstić information content (AvgIpc) is 3.24. The van der Waals surface area contributed by atoms with Crippen LogP contribution < -0.4 is 10.1 Å². The van der Waals surface area contributed by atoms with Gasteiger partial charge in [-0.2, -0.15) is 0 Å². The molecule has 0 spiro atoms. The average molecular weight is 546 g/mol. The van der Waals surface area contributed by atoms with Gasteiger partial charge in [-0.3, -0.25) is 4.79 Å². The van der Waals surface area contributed by atoms with Crippen LogP contribution in [-0.4, -0.2) is 35.8 Å². The van der Waals surface area contributed by atoms with Crippen LogP contribution in [0.2, 0.25) is 0 Å². The Bertz CT molecular complexity index is 1560. The number of sulfone groups is 1. The quantitative estimate of drug-likeness (QED) is 0.316. The number of aryl methyl sites for hydroxylation is 1. The molecule has 2 aromatic carbocycles. The largest absolute Gasteiger partial charge is 0.573 e. The van der Waals surface area contributed by atoms with E-state index in [0.717, 1.165) is 11.3 Å². The molecule has 2 heterocycles. The summed E-state index contributed by atoms with van der Waals surface area (Å²) in [5.74, 6) is -0.613. The van der Waals surface area contributed by atoms with Crippen LogP contribution in [0.1, 0.15) is 46.7 Å². The zero-order chi connectivity index (χ0) is 27.5. The lowest BCUT2D eigenvalue weighted by Crippen LogP contribution is -2.23. The third kappa shape index (κ3) is 6.16. The number of nitrogens with zero attached hydrogens (tertiary/aromatic N) is 2. The highest BCUT2D eigenvalue weighted by molar-refractivity contribution is 7.91. The first-order valence-corrected chi connectivity index (χ1v) is 13.6. The number of rotatable bonds is 9. The van der Waals surface area contributed by atoms with Crippen molar-refractivity contribution in [3.05, 3.63) is 94.9 Å². The molecule has 1 N–H and O–H groups in total. The van der Waals surface area contributed by atoms with Crippen LogP contribution in [0.15, 0.2) is 71.8 Å². The van der Waals surface area contributed by atoms with E-state index in [1.54, 1.807) is 49.5 Å². The van der Waals surface area contributed by atoms with E-state index in [9.17, 15) is 26.4 Å². The van der Waals surface area contributed by atoms with Gasteiger partial charge in [0.25, 0.3) is 5.91 Å². The number of nitrogens with one attached hydrogen (secondary N) is 1. The molecular formula is C27H26F3N3O4S. The maximum atomic E-state index is 12.8. The molecule has 38 heavy (non-hydrogen) atoms. The minimum Gasteiger partial charge on any atom is -0.405 e. The van der Waals surface area contributed by atoms with Crippen LogP contribution in [0, 0.1) is 0 Å². The van der Waals surface area contributed by atoms with Crippen LogP contribution >= 0.6 is 0 Å². The Balaban J connectivity index is 1.52. The summed E-state index contributed by atoms with van der Waals surface area (Å²) in [4.78, 5) is 17.6. The van der Waals surface area contributed by atoms with Gasteiger partial charge < -0.3 is 14.5 Å². The van der Waals surface area contributed by atoms with Crippen molar-refractivity contribution in [2.24, 2.45) is 0 Å². The van der Waals surface area contributed by atoms with Gasteiger partial charge in [-0.1, -0.05) is 44.2 Å². The summed E-state index contributed by atoms with van der Waals surface area (Å²) in [5.41, 5.74) is 3.35. The van der Waals surface area contributed by atoms with E-state index in [1.807, 2.05) is 11.3 Å². The van der Waals surface area contributed by atoms with Crippen LogP contribution in [0.25, 0.3) is 5.65 Å². The fraction of sp³-hybridized carbons (Fsp3) is 0.259. The molecule has 0 radical (unpaired) electrons. The van der Waals surface area contributed by atoms with E-state index in [-0.39, 0.29) is 35.3 Å². The molecular weight excluding hydrogens is 519 g/mol. The zero-order valence-corrected chi connectivity index (χ0v) is 21.6. The van der Waals surface area contributed by atoms with Crippen molar-refractivity contribution in [3.63, 3.8) is 0 Å². The third-order valence-corrected chi connectivity index (χ3v) is 7.83. The normalized spacial score (nSPS) is 12.0. The number of halogens is 3. The van der Waals surface area contributed by atoms with Crippen molar-refractivity contribution in [2.45, 2.75) is 44.5 Å². The minimum atomic E-state index is -4.81. The highest BCUT2D eigenvalue weighted by Crippen LogP contribution is 2.29. The Hall–Kier alpha value is -3.86. The van der Waals surface area contributed by atoms with E-state index in [2.05, 4.69) is 15.0 Å². The van der Waals surface area contributed by atoms with Crippen molar-refractivity contribution < 1.29 is 31.1 Å². The number of hydrogen-bond donors (Lipinski definition) is 1. The predicted octanol–water partition coefficient (Wildman–Crippen LogP) is 5.11. The number of para-hydroxylation sites is 1. The molecule has 1 amide bonds. The molecule has 11 heteroatoms. The number of pyridine rings is 1. The lowest BCUT2D eigenvalue weighted by molar-refractivity contribution is -0.274. The molecule has 2 aromatic heterocycles. The third-order valence-electron chi connectivity index (χ3n) is 6.08. The van der Waals surface area contributed by atoms with Crippen molar-refractivity contribution >= 4 is 21.4 Å². The van der Waals surface area contributed by atoms with E-state index in [4.69, 9.17) is 0 Å². The van der Waals surface area contributed by atoms with Crippen LogP contribution in [0.5, 0.6) is 5.75 Å². The number of carbonyl (C=O) groups excluding carboxylic acids is 1. The number of aromatic nitrogens is 2. The van der Waals surface area contributed by atoms with E-state index in [0.29, 0.717) is 28.9 Å². The fourth-order valence-corrected chi connectivity index (χ4v) is 5.01. The second kappa shape index (κ2) is 10.9. The number of alkyl halides is 3. The first kappa shape index (κ1) is 27.2. The highest BCUT2D eigenvalue weighted by Gasteiger charge is 2.32. The second-order valence-corrected chi connectivity index (χ2v) is 10.8. The Morgan fingerprint density at radius 2 is 1.76 bits per heavy atom. The zero-order valence-electron chi connectivity index (χ0n) is 20.7. The molecule has 200 valence electrons. The van der Waals surface area contributed by atoms with Crippen LogP contribution in [0.3, 0.4) is 0 Å². The standard InChI is InChI=1S/C27H26F3N3O4S/c1-3-23-22(15-19-7-5-6-8-24(19)37-27(28,29)30)32-25-16-20(13-14-33(23)25)26(34)31-17-18-9-11-21(12-10-18)38(35,36)4-2/h5-14,16H,3-4,15,17H2,1-2H3,(H,31,34). The van der Waals surface area contributed by atoms with Crippen LogP contribution in [-0.2, 0) is 29.2 Å². The smallest absolute Gasteiger partial charge is 0.405 e. The SMILES string of the molecule is CCc1c(Cc2ccccc2OC(F)(F)F)nc2cc(C(=O)NCc3ccc(S(=O)(=O)CC)cc3)ccn12. The van der Waals surface area contributed by atoms with Gasteiger partial charge in [-0.05, 0) is 42.3 Å².